The lowest BCUT2D eigenvalue weighted by Gasteiger charge is -2.36. The first-order valence-corrected chi connectivity index (χ1v) is 26.1. The summed E-state index contributed by atoms with van der Waals surface area (Å²) < 4.78 is 0.120. The smallest absolute Gasteiger partial charge is 0.341 e. The summed E-state index contributed by atoms with van der Waals surface area (Å²) >= 11 is 0. The van der Waals surface area contributed by atoms with E-state index >= 15 is 14.4 Å². The second-order valence-corrected chi connectivity index (χ2v) is 26.8. The molecule has 0 aliphatic rings. The minimum atomic E-state index is -3.28. The predicted molar refractivity (Wildman–Crippen MR) is 293 cm³/mol. The summed E-state index contributed by atoms with van der Waals surface area (Å²) in [6.07, 6.45) is -4.14. The van der Waals surface area contributed by atoms with Gasteiger partial charge >= 0.3 is 17.1 Å². The molecule has 3 unspecified atom stereocenters. The average molecular weight is 1040 g/mol. The van der Waals surface area contributed by atoms with Crippen LogP contribution in [0.2, 0.25) is 0 Å². The van der Waals surface area contributed by atoms with Crippen LogP contribution in [-0.2, 0) is 83.3 Å². The van der Waals surface area contributed by atoms with Gasteiger partial charge in [-0.25, -0.2) is 28.1 Å². The molecule has 4 aromatic rings. The molecule has 0 aliphatic carbocycles. The van der Waals surface area contributed by atoms with Crippen LogP contribution in [0.3, 0.4) is 0 Å². The van der Waals surface area contributed by atoms with Crippen molar-refractivity contribution in [2.45, 2.75) is 234 Å². The van der Waals surface area contributed by atoms with E-state index in [0.29, 0.717) is 33.4 Å². The Labute approximate surface area is 443 Å². The van der Waals surface area contributed by atoms with Crippen molar-refractivity contribution in [2.75, 3.05) is 0 Å². The first-order valence-electron chi connectivity index (χ1n) is 26.1. The van der Waals surface area contributed by atoms with Gasteiger partial charge in [-0.15, -0.1) is 0 Å². The number of carbonyl (C=O) groups excluding carboxylic acids is 3. The maximum atomic E-state index is 15.8. The molecule has 414 valence electrons. The van der Waals surface area contributed by atoms with Gasteiger partial charge in [0.2, 0.25) is 17.2 Å². The monoisotopic (exact) mass is 1040 g/mol. The number of phenolic OH excluding ortho intramolecular Hbond substituents is 3. The highest BCUT2D eigenvalue weighted by Crippen LogP contribution is 2.44. The number of benzene rings is 3. The number of aromatic nitrogens is 3. The number of carbonyl (C=O) groups is 3. The molecule has 0 saturated heterocycles. The van der Waals surface area contributed by atoms with E-state index in [1.54, 1.807) is 0 Å². The molecular formula is C60H87N3O12. The third-order valence-electron chi connectivity index (χ3n) is 14.3. The second-order valence-electron chi connectivity index (χ2n) is 26.8. The Hall–Kier alpha value is -5.64. The first-order chi connectivity index (χ1) is 33.7. The fourth-order valence-electron chi connectivity index (χ4n) is 9.92. The van der Waals surface area contributed by atoms with Gasteiger partial charge in [0, 0.05) is 38.5 Å². The molecule has 0 amide bonds. The van der Waals surface area contributed by atoms with Crippen molar-refractivity contribution in [2.24, 2.45) is 0 Å². The zero-order valence-electron chi connectivity index (χ0n) is 48.7. The van der Waals surface area contributed by atoms with Crippen molar-refractivity contribution in [3.8, 4) is 17.2 Å². The number of hydrogen-bond acceptors (Lipinski definition) is 12. The van der Waals surface area contributed by atoms with Crippen LogP contribution in [0.25, 0.3) is 0 Å². The minimum Gasteiger partial charge on any atom is -0.507 e. The maximum Gasteiger partial charge on any atom is 0.341 e. The van der Waals surface area contributed by atoms with Gasteiger partial charge in [-0.3, -0.25) is 14.4 Å². The van der Waals surface area contributed by atoms with E-state index in [-0.39, 0.29) is 47.6 Å². The molecule has 0 radical (unpaired) electrons. The quantitative estimate of drug-likeness (QED) is 0.0656. The Bertz CT molecular complexity index is 2610. The molecule has 75 heavy (non-hydrogen) atoms. The fraction of sp³-hybridized carbons (Fsp3) is 0.600. The molecule has 0 bridgehead atoms. The first kappa shape index (κ1) is 61.9. The molecule has 4 rings (SSSR count). The summed E-state index contributed by atoms with van der Waals surface area (Å²) in [5.74, 6) is -3.57. The van der Waals surface area contributed by atoms with Crippen molar-refractivity contribution in [3.05, 3.63) is 118 Å². The topological polar surface area (TPSA) is 239 Å². The lowest BCUT2D eigenvalue weighted by Crippen LogP contribution is -2.71. The molecule has 3 aromatic carbocycles. The van der Waals surface area contributed by atoms with Gasteiger partial charge in [0.1, 0.15) is 17.2 Å². The largest absolute Gasteiger partial charge is 0.507 e. The number of aliphatic hydroxyl groups is 3. The zero-order chi connectivity index (χ0) is 58.1. The van der Waals surface area contributed by atoms with Crippen molar-refractivity contribution < 1.29 is 45.0 Å². The fourth-order valence-corrected chi connectivity index (χ4v) is 9.92. The summed E-state index contributed by atoms with van der Waals surface area (Å²) in [6, 6.07) is 9.17. The molecule has 15 heteroatoms. The third-order valence-corrected chi connectivity index (χ3v) is 14.3. The van der Waals surface area contributed by atoms with E-state index in [0.717, 1.165) is 0 Å². The van der Waals surface area contributed by atoms with Crippen molar-refractivity contribution in [1.82, 2.24) is 13.7 Å². The lowest BCUT2D eigenvalue weighted by atomic mass is 9.77. The van der Waals surface area contributed by atoms with E-state index in [1.807, 2.05) is 125 Å². The van der Waals surface area contributed by atoms with Crippen LogP contribution in [0.4, 0.5) is 0 Å². The summed E-state index contributed by atoms with van der Waals surface area (Å²) in [5.41, 5.74) is -16.8. The van der Waals surface area contributed by atoms with Crippen molar-refractivity contribution in [1.29, 1.82) is 0 Å². The number of hydrogen-bond donors (Lipinski definition) is 6. The number of nitrogens with zero attached hydrogens (tertiary/aromatic N) is 3. The standard InChI is InChI=1S/C60H87N3O12/c1-22-43(64)58(73,31-34-25-37(52(4,5)6)46(67)38(26-34)53(7,8)9)61-49(70)62(59(74,44(65)23-2)32-35-27-39(54(10,11)12)47(68)40(28-35)55(13,14)15)51(72)63(50(61)71)60(75,45(66)24-3)33-36-29-41(56(16,17)18)48(69)42(30-36)57(19,20)21/h25-30,67-69,73-75H,22-24,31-33H2,1-21H3. The molecule has 0 spiro atoms. The van der Waals surface area contributed by atoms with Gasteiger partial charge in [0.05, 0.1) is 0 Å². The molecule has 6 N–H and O–H groups in total. The zero-order valence-corrected chi connectivity index (χ0v) is 48.7. The lowest BCUT2D eigenvalue weighted by molar-refractivity contribution is -0.159. The van der Waals surface area contributed by atoms with Gasteiger partial charge in [0.15, 0.2) is 17.3 Å². The van der Waals surface area contributed by atoms with Gasteiger partial charge in [-0.1, -0.05) is 182 Å². The second kappa shape index (κ2) is 20.4. The number of Topliss-reactive ketones (excluding diaryl/α,β-unsaturated/α-hetero) is 3. The van der Waals surface area contributed by atoms with E-state index in [9.17, 15) is 45.0 Å². The van der Waals surface area contributed by atoms with Gasteiger partial charge < -0.3 is 30.6 Å². The van der Waals surface area contributed by atoms with Gasteiger partial charge in [-0.2, -0.15) is 0 Å². The number of aromatic hydroxyl groups is 3. The van der Waals surface area contributed by atoms with Crippen molar-refractivity contribution >= 4 is 17.3 Å². The van der Waals surface area contributed by atoms with Crippen LogP contribution >= 0.6 is 0 Å². The van der Waals surface area contributed by atoms with Crippen LogP contribution in [0.15, 0.2) is 50.8 Å². The molecule has 0 aliphatic heterocycles. The van der Waals surface area contributed by atoms with Crippen LogP contribution in [-0.4, -0.2) is 61.7 Å². The summed E-state index contributed by atoms with van der Waals surface area (Å²) in [4.78, 5) is 91.5. The summed E-state index contributed by atoms with van der Waals surface area (Å²) in [5, 5.41) is 74.8. The molecule has 1 heterocycles. The molecule has 0 saturated carbocycles. The van der Waals surface area contributed by atoms with Crippen molar-refractivity contribution in [3.63, 3.8) is 0 Å². The minimum absolute atomic E-state index is 0.0401. The number of phenols is 3. The Morgan fingerprint density at radius 3 is 0.613 bits per heavy atom. The molecule has 0 fully saturated rings. The number of rotatable bonds is 15. The van der Waals surface area contributed by atoms with Crippen LogP contribution in [0.5, 0.6) is 17.2 Å². The van der Waals surface area contributed by atoms with E-state index < -0.39 is 123 Å². The summed E-state index contributed by atoms with van der Waals surface area (Å²) in [6.45, 7) is 37.2. The third kappa shape index (κ3) is 11.9. The number of ketones is 3. The Morgan fingerprint density at radius 2 is 0.493 bits per heavy atom. The highest BCUT2D eigenvalue weighted by molar-refractivity contribution is 5.87. The molecule has 1 aromatic heterocycles. The predicted octanol–water partition coefficient (Wildman–Crippen LogP) is 8.67. The summed E-state index contributed by atoms with van der Waals surface area (Å²) in [7, 11) is 0. The van der Waals surface area contributed by atoms with Crippen LogP contribution < -0.4 is 17.1 Å². The van der Waals surface area contributed by atoms with Crippen LogP contribution in [0, 0.1) is 0 Å². The Kier molecular flexibility index (Phi) is 16.8. The average Bonchev–Trinajstić information content (AvgIpc) is 3.24. The Balaban J connectivity index is 2.43. The highest BCUT2D eigenvalue weighted by atomic mass is 16.3. The van der Waals surface area contributed by atoms with Gasteiger partial charge in [0.25, 0.3) is 0 Å². The van der Waals surface area contributed by atoms with E-state index in [1.165, 1.54) is 57.2 Å². The van der Waals surface area contributed by atoms with Crippen LogP contribution in [0.1, 0.15) is 215 Å². The molecule has 15 nitrogen and oxygen atoms in total. The highest BCUT2D eigenvalue weighted by Gasteiger charge is 2.51. The maximum absolute atomic E-state index is 15.8. The van der Waals surface area contributed by atoms with E-state index in [4.69, 9.17) is 0 Å². The van der Waals surface area contributed by atoms with Gasteiger partial charge in [-0.05, 0) is 82.6 Å². The molecule has 3 atom stereocenters. The normalized spacial score (nSPS) is 15.5. The molecular weight excluding hydrogens is 955 g/mol. The Morgan fingerprint density at radius 1 is 0.347 bits per heavy atom. The SMILES string of the molecule is CCC(=O)C(O)(Cc1cc(C(C)(C)C)c(O)c(C(C)(C)C)c1)n1c(=O)n(C(O)(Cc2cc(C(C)(C)C)c(O)c(C(C)(C)C)c2)C(=O)CC)c(=O)n(C(O)(Cc2cc(C(C)(C)C)c(O)c(C(C)(C)C)c2)C(=O)CC)c1=O. The van der Waals surface area contributed by atoms with E-state index in [2.05, 4.69) is 0 Å².